The second-order valence-electron chi connectivity index (χ2n) is 4.01. The molecule has 2 aromatic rings. The molecule has 0 radical (unpaired) electrons. The standard InChI is InChI=1S/C13H17N3S/c1-3-10(11-5-4-8-17-11)16-13-12(14)9(2)6-7-15-13/h4-8,10H,3,14H2,1-2H3,(H,15,16). The number of anilines is 2. The lowest BCUT2D eigenvalue weighted by Gasteiger charge is -2.18. The first-order valence-electron chi connectivity index (χ1n) is 5.73. The van der Waals surface area contributed by atoms with Gasteiger partial charge in [0.15, 0.2) is 0 Å². The Morgan fingerprint density at radius 3 is 2.94 bits per heavy atom. The van der Waals surface area contributed by atoms with Crippen molar-refractivity contribution in [2.24, 2.45) is 0 Å². The molecule has 0 aliphatic rings. The van der Waals surface area contributed by atoms with Gasteiger partial charge >= 0.3 is 0 Å². The number of thiophene rings is 1. The number of hydrogen-bond donors (Lipinski definition) is 2. The molecule has 2 rings (SSSR count). The molecule has 0 aromatic carbocycles. The second-order valence-corrected chi connectivity index (χ2v) is 4.99. The molecule has 0 aliphatic heterocycles. The molecule has 0 bridgehead atoms. The molecule has 90 valence electrons. The number of nitrogens with two attached hydrogens (primary N) is 1. The fourth-order valence-electron chi connectivity index (χ4n) is 1.71. The highest BCUT2D eigenvalue weighted by Gasteiger charge is 2.12. The van der Waals surface area contributed by atoms with Crippen LogP contribution in [0.2, 0.25) is 0 Å². The molecule has 0 saturated heterocycles. The molecule has 1 unspecified atom stereocenters. The second kappa shape index (κ2) is 5.19. The van der Waals surface area contributed by atoms with E-state index in [0.29, 0.717) is 0 Å². The number of nitrogens with zero attached hydrogens (tertiary/aromatic N) is 1. The summed E-state index contributed by atoms with van der Waals surface area (Å²) in [6.07, 6.45) is 2.80. The average molecular weight is 247 g/mol. The Kier molecular flexibility index (Phi) is 3.64. The van der Waals surface area contributed by atoms with E-state index in [0.717, 1.165) is 23.5 Å². The molecule has 2 aromatic heterocycles. The van der Waals surface area contributed by atoms with Crippen LogP contribution >= 0.6 is 11.3 Å². The van der Waals surface area contributed by atoms with Crippen LogP contribution in [0.15, 0.2) is 29.8 Å². The minimum Gasteiger partial charge on any atom is -0.396 e. The Morgan fingerprint density at radius 1 is 1.47 bits per heavy atom. The summed E-state index contributed by atoms with van der Waals surface area (Å²) in [6, 6.07) is 6.41. The third-order valence-corrected chi connectivity index (χ3v) is 3.80. The van der Waals surface area contributed by atoms with Crippen LogP contribution in [-0.2, 0) is 0 Å². The van der Waals surface area contributed by atoms with Crippen LogP contribution in [0.5, 0.6) is 0 Å². The molecule has 3 N–H and O–H groups in total. The maximum absolute atomic E-state index is 6.02. The Morgan fingerprint density at radius 2 is 2.29 bits per heavy atom. The SMILES string of the molecule is CCC(Nc1nccc(C)c1N)c1cccs1. The van der Waals surface area contributed by atoms with Gasteiger partial charge in [0, 0.05) is 11.1 Å². The summed E-state index contributed by atoms with van der Waals surface area (Å²) in [5, 5.41) is 5.50. The molecule has 17 heavy (non-hydrogen) atoms. The molecular formula is C13H17N3S. The van der Waals surface area contributed by atoms with E-state index in [2.05, 4.69) is 34.7 Å². The Bertz CT molecular complexity index is 479. The van der Waals surface area contributed by atoms with Gasteiger partial charge in [0.1, 0.15) is 5.82 Å². The molecule has 0 aliphatic carbocycles. The van der Waals surface area contributed by atoms with Gasteiger partial charge in [-0.05, 0) is 36.4 Å². The van der Waals surface area contributed by atoms with E-state index in [1.54, 1.807) is 17.5 Å². The van der Waals surface area contributed by atoms with Gasteiger partial charge in [0.2, 0.25) is 0 Å². The molecule has 3 nitrogen and oxygen atoms in total. The summed E-state index contributed by atoms with van der Waals surface area (Å²) in [5.74, 6) is 0.783. The van der Waals surface area contributed by atoms with Gasteiger partial charge < -0.3 is 11.1 Å². The number of aryl methyl sites for hydroxylation is 1. The van der Waals surface area contributed by atoms with Crippen molar-refractivity contribution in [2.45, 2.75) is 26.3 Å². The number of hydrogen-bond acceptors (Lipinski definition) is 4. The van der Waals surface area contributed by atoms with Crippen molar-refractivity contribution in [2.75, 3.05) is 11.1 Å². The zero-order valence-electron chi connectivity index (χ0n) is 10.1. The summed E-state index contributed by atoms with van der Waals surface area (Å²) < 4.78 is 0. The summed E-state index contributed by atoms with van der Waals surface area (Å²) in [5.41, 5.74) is 7.81. The monoisotopic (exact) mass is 247 g/mol. The van der Waals surface area contributed by atoms with Crippen molar-refractivity contribution in [3.05, 3.63) is 40.2 Å². The van der Waals surface area contributed by atoms with Crippen LogP contribution < -0.4 is 11.1 Å². The molecule has 2 heterocycles. The molecule has 0 amide bonds. The smallest absolute Gasteiger partial charge is 0.149 e. The van der Waals surface area contributed by atoms with Gasteiger partial charge in [0.05, 0.1) is 11.7 Å². The van der Waals surface area contributed by atoms with Gasteiger partial charge in [-0.15, -0.1) is 11.3 Å². The third kappa shape index (κ3) is 2.58. The quantitative estimate of drug-likeness (QED) is 0.868. The summed E-state index contributed by atoms with van der Waals surface area (Å²) in [6.45, 7) is 4.15. The zero-order valence-corrected chi connectivity index (χ0v) is 10.9. The summed E-state index contributed by atoms with van der Waals surface area (Å²) in [4.78, 5) is 5.62. The highest BCUT2D eigenvalue weighted by molar-refractivity contribution is 7.10. The first-order valence-corrected chi connectivity index (χ1v) is 6.61. The number of nitrogen functional groups attached to an aromatic ring is 1. The van der Waals surface area contributed by atoms with Gasteiger partial charge in [-0.25, -0.2) is 4.98 Å². The zero-order chi connectivity index (χ0) is 12.3. The predicted octanol–water partition coefficient (Wildman–Crippen LogP) is 3.60. The lowest BCUT2D eigenvalue weighted by molar-refractivity contribution is 0.759. The van der Waals surface area contributed by atoms with Crippen LogP contribution in [0, 0.1) is 6.92 Å². The lowest BCUT2D eigenvalue weighted by Crippen LogP contribution is -2.11. The summed E-state index contributed by atoms with van der Waals surface area (Å²) >= 11 is 1.75. The largest absolute Gasteiger partial charge is 0.396 e. The number of rotatable bonds is 4. The normalized spacial score (nSPS) is 12.4. The minimum absolute atomic E-state index is 0.284. The van der Waals surface area contributed by atoms with E-state index in [4.69, 9.17) is 5.73 Å². The average Bonchev–Trinajstić information content (AvgIpc) is 2.85. The van der Waals surface area contributed by atoms with Crippen LogP contribution in [0.25, 0.3) is 0 Å². The van der Waals surface area contributed by atoms with E-state index < -0.39 is 0 Å². The van der Waals surface area contributed by atoms with E-state index in [9.17, 15) is 0 Å². The number of nitrogens with one attached hydrogen (secondary N) is 1. The maximum Gasteiger partial charge on any atom is 0.149 e. The Labute approximate surface area is 106 Å². The van der Waals surface area contributed by atoms with Gasteiger partial charge in [0.25, 0.3) is 0 Å². The van der Waals surface area contributed by atoms with Crippen LogP contribution in [0.4, 0.5) is 11.5 Å². The van der Waals surface area contributed by atoms with Crippen LogP contribution in [0.3, 0.4) is 0 Å². The van der Waals surface area contributed by atoms with Crippen LogP contribution in [-0.4, -0.2) is 4.98 Å². The van der Waals surface area contributed by atoms with Crippen molar-refractivity contribution >= 4 is 22.8 Å². The van der Waals surface area contributed by atoms with Crippen molar-refractivity contribution in [1.82, 2.24) is 4.98 Å². The van der Waals surface area contributed by atoms with E-state index in [-0.39, 0.29) is 6.04 Å². The van der Waals surface area contributed by atoms with Crippen molar-refractivity contribution in [3.8, 4) is 0 Å². The summed E-state index contributed by atoms with van der Waals surface area (Å²) in [7, 11) is 0. The number of pyridine rings is 1. The Hall–Kier alpha value is -1.55. The molecule has 0 fully saturated rings. The fraction of sp³-hybridized carbons (Fsp3) is 0.308. The highest BCUT2D eigenvalue weighted by atomic mass is 32.1. The van der Waals surface area contributed by atoms with Crippen molar-refractivity contribution in [1.29, 1.82) is 0 Å². The molecule has 0 spiro atoms. The van der Waals surface area contributed by atoms with E-state index in [1.165, 1.54) is 4.88 Å². The molecule has 0 saturated carbocycles. The number of aromatic nitrogens is 1. The third-order valence-electron chi connectivity index (χ3n) is 2.81. The topological polar surface area (TPSA) is 50.9 Å². The van der Waals surface area contributed by atoms with Crippen LogP contribution in [0.1, 0.15) is 29.8 Å². The first-order chi connectivity index (χ1) is 8.22. The van der Waals surface area contributed by atoms with E-state index >= 15 is 0 Å². The van der Waals surface area contributed by atoms with E-state index in [1.807, 2.05) is 13.0 Å². The first kappa shape index (κ1) is 11.9. The maximum atomic E-state index is 6.02. The van der Waals surface area contributed by atoms with Crippen molar-refractivity contribution < 1.29 is 0 Å². The molecular weight excluding hydrogens is 230 g/mol. The fourth-order valence-corrected chi connectivity index (χ4v) is 2.57. The van der Waals surface area contributed by atoms with Gasteiger partial charge in [-0.2, -0.15) is 0 Å². The predicted molar refractivity (Wildman–Crippen MR) is 74.4 cm³/mol. The Balaban J connectivity index is 2.22. The highest BCUT2D eigenvalue weighted by Crippen LogP contribution is 2.28. The minimum atomic E-state index is 0.284. The molecule has 1 atom stereocenters. The van der Waals surface area contributed by atoms with Crippen molar-refractivity contribution in [3.63, 3.8) is 0 Å². The molecule has 4 heteroatoms. The van der Waals surface area contributed by atoms with Gasteiger partial charge in [-0.3, -0.25) is 0 Å². The van der Waals surface area contributed by atoms with Gasteiger partial charge in [-0.1, -0.05) is 13.0 Å². The lowest BCUT2D eigenvalue weighted by atomic mass is 10.1.